The second kappa shape index (κ2) is 9.40. The number of ketones is 1. The Morgan fingerprint density at radius 1 is 1.27 bits per heavy atom. The Kier molecular flexibility index (Phi) is 7.87. The average Bonchev–Trinajstić information content (AvgIpc) is 2.50. The molecule has 0 aliphatic heterocycles. The van der Waals surface area contributed by atoms with Gasteiger partial charge in [-0.2, -0.15) is 0 Å². The quantitative estimate of drug-likeness (QED) is 0.439. The van der Waals surface area contributed by atoms with Crippen LogP contribution in [0.2, 0.25) is 0 Å². The highest BCUT2D eigenvalue weighted by atomic mass is 16.5. The second-order valence-corrected chi connectivity index (χ2v) is 4.96. The smallest absolute Gasteiger partial charge is 0.180 e. The molecule has 0 aromatic heterocycles. The molecule has 0 saturated heterocycles. The van der Waals surface area contributed by atoms with Crippen molar-refractivity contribution in [3.8, 4) is 5.75 Å². The molecule has 6 heteroatoms. The van der Waals surface area contributed by atoms with Crippen LogP contribution in [0.4, 0.5) is 5.69 Å². The molecule has 1 atom stereocenters. The summed E-state index contributed by atoms with van der Waals surface area (Å²) in [6, 6.07) is 4.62. The van der Waals surface area contributed by atoms with Crippen molar-refractivity contribution in [2.45, 2.75) is 26.3 Å². The first kappa shape index (κ1) is 18.4. The van der Waals surface area contributed by atoms with Gasteiger partial charge in [-0.15, -0.1) is 0 Å². The molecule has 0 spiro atoms. The molecule has 124 valence electrons. The van der Waals surface area contributed by atoms with E-state index in [4.69, 9.17) is 20.7 Å². The first-order valence-electron chi connectivity index (χ1n) is 7.61. The molecule has 0 aliphatic carbocycles. The minimum atomic E-state index is -0.392. The molecule has 1 aromatic rings. The molecule has 0 heterocycles. The number of nitrogens with zero attached hydrogens (tertiary/aromatic N) is 1. The van der Waals surface area contributed by atoms with E-state index in [9.17, 15) is 4.79 Å². The van der Waals surface area contributed by atoms with Gasteiger partial charge in [0.1, 0.15) is 5.75 Å². The van der Waals surface area contributed by atoms with Gasteiger partial charge in [0, 0.05) is 18.7 Å². The van der Waals surface area contributed by atoms with Crippen LogP contribution in [-0.4, -0.2) is 59.8 Å². The van der Waals surface area contributed by atoms with Crippen molar-refractivity contribution in [3.05, 3.63) is 23.8 Å². The minimum Gasteiger partial charge on any atom is -0.492 e. The Morgan fingerprint density at radius 3 is 2.36 bits per heavy atom. The van der Waals surface area contributed by atoms with Crippen molar-refractivity contribution < 1.29 is 19.7 Å². The second-order valence-electron chi connectivity index (χ2n) is 4.96. The van der Waals surface area contributed by atoms with Crippen molar-refractivity contribution >= 4 is 11.5 Å². The highest BCUT2D eigenvalue weighted by Gasteiger charge is 2.25. The third-order valence-electron chi connectivity index (χ3n) is 3.50. The number of nitrogen functional groups attached to an aromatic ring is 1. The molecule has 1 unspecified atom stereocenters. The summed E-state index contributed by atoms with van der Waals surface area (Å²) in [4.78, 5) is 14.5. The fraction of sp³-hybridized carbons (Fsp3) is 0.562. The van der Waals surface area contributed by atoms with Gasteiger partial charge in [0.05, 0.1) is 31.5 Å². The number of rotatable bonds is 10. The molecule has 0 fully saturated rings. The third kappa shape index (κ3) is 4.69. The predicted octanol–water partition coefficient (Wildman–Crippen LogP) is 0.915. The van der Waals surface area contributed by atoms with Crippen LogP contribution in [0.25, 0.3) is 0 Å². The fourth-order valence-corrected chi connectivity index (χ4v) is 2.47. The van der Waals surface area contributed by atoms with Crippen LogP contribution in [0.1, 0.15) is 30.6 Å². The molecule has 1 rings (SSSR count). The van der Waals surface area contributed by atoms with E-state index in [1.807, 2.05) is 13.8 Å². The number of ether oxygens (including phenoxy) is 1. The largest absolute Gasteiger partial charge is 0.492 e. The molecular formula is C16H26N2O4. The molecule has 0 radical (unpaired) electrons. The minimum absolute atomic E-state index is 0.0603. The monoisotopic (exact) mass is 310 g/mol. The molecule has 22 heavy (non-hydrogen) atoms. The van der Waals surface area contributed by atoms with Crippen molar-refractivity contribution in [2.24, 2.45) is 0 Å². The Hall–Kier alpha value is -1.63. The number of hydrogen-bond acceptors (Lipinski definition) is 6. The van der Waals surface area contributed by atoms with Crippen LogP contribution in [0.3, 0.4) is 0 Å². The molecule has 6 nitrogen and oxygen atoms in total. The molecule has 0 saturated carbocycles. The number of aliphatic hydroxyl groups is 2. The highest BCUT2D eigenvalue weighted by molar-refractivity contribution is 6.01. The summed E-state index contributed by atoms with van der Waals surface area (Å²) < 4.78 is 5.37. The van der Waals surface area contributed by atoms with Crippen molar-refractivity contribution in [1.82, 2.24) is 4.90 Å². The van der Waals surface area contributed by atoms with E-state index in [1.54, 1.807) is 23.1 Å². The maximum atomic E-state index is 12.7. The molecular weight excluding hydrogens is 284 g/mol. The van der Waals surface area contributed by atoms with Gasteiger partial charge in [0.25, 0.3) is 0 Å². The lowest BCUT2D eigenvalue weighted by molar-refractivity contribution is 0.0733. The molecule has 1 aromatic carbocycles. The van der Waals surface area contributed by atoms with Gasteiger partial charge in [0.2, 0.25) is 0 Å². The SMILES string of the molecule is CCOc1ccc(C(=O)C(CC)N(CCO)CCO)cc1N. The van der Waals surface area contributed by atoms with Gasteiger partial charge < -0.3 is 20.7 Å². The van der Waals surface area contributed by atoms with Gasteiger partial charge >= 0.3 is 0 Å². The number of Topliss-reactive ketones (excluding diaryl/α,β-unsaturated/α-hetero) is 1. The lowest BCUT2D eigenvalue weighted by Crippen LogP contribution is -2.44. The zero-order valence-corrected chi connectivity index (χ0v) is 13.3. The lowest BCUT2D eigenvalue weighted by atomic mass is 10.00. The standard InChI is InChI=1S/C16H26N2O4/c1-3-14(18(7-9-19)8-10-20)16(21)12-5-6-15(22-4-2)13(17)11-12/h5-6,11,14,19-20H,3-4,7-10,17H2,1-2H3. The summed E-state index contributed by atoms with van der Waals surface area (Å²) in [6.45, 7) is 4.85. The van der Waals surface area contributed by atoms with Crippen molar-refractivity contribution in [2.75, 3.05) is 38.6 Å². The lowest BCUT2D eigenvalue weighted by Gasteiger charge is -2.29. The average molecular weight is 310 g/mol. The summed E-state index contributed by atoms with van der Waals surface area (Å²) in [5.74, 6) is 0.494. The number of anilines is 1. The van der Waals surface area contributed by atoms with Crippen LogP contribution in [0.5, 0.6) is 5.75 Å². The molecule has 0 amide bonds. The first-order valence-corrected chi connectivity index (χ1v) is 7.61. The van der Waals surface area contributed by atoms with E-state index in [-0.39, 0.29) is 19.0 Å². The number of hydrogen-bond donors (Lipinski definition) is 3. The summed E-state index contributed by atoms with van der Waals surface area (Å²) in [6.07, 6.45) is 0.589. The maximum absolute atomic E-state index is 12.7. The number of aliphatic hydroxyl groups excluding tert-OH is 2. The summed E-state index contributed by atoms with van der Waals surface area (Å²) >= 11 is 0. The van der Waals surface area contributed by atoms with E-state index in [0.717, 1.165) is 0 Å². The Morgan fingerprint density at radius 2 is 1.91 bits per heavy atom. The number of carbonyl (C=O) groups is 1. The van der Waals surface area contributed by atoms with Crippen LogP contribution in [0, 0.1) is 0 Å². The molecule has 0 aliphatic rings. The fourth-order valence-electron chi connectivity index (χ4n) is 2.47. The predicted molar refractivity (Wildman–Crippen MR) is 86.2 cm³/mol. The van der Waals surface area contributed by atoms with Crippen LogP contribution in [-0.2, 0) is 0 Å². The van der Waals surface area contributed by atoms with Crippen molar-refractivity contribution in [3.63, 3.8) is 0 Å². The van der Waals surface area contributed by atoms with E-state index in [2.05, 4.69) is 0 Å². The Labute approximate surface area is 131 Å². The van der Waals surface area contributed by atoms with E-state index < -0.39 is 6.04 Å². The van der Waals surface area contributed by atoms with Gasteiger partial charge in [-0.1, -0.05) is 6.92 Å². The zero-order valence-electron chi connectivity index (χ0n) is 13.3. The zero-order chi connectivity index (χ0) is 16.5. The Balaban J connectivity index is 2.97. The first-order chi connectivity index (χ1) is 10.6. The Bertz CT molecular complexity index is 473. The van der Waals surface area contributed by atoms with Crippen LogP contribution >= 0.6 is 0 Å². The van der Waals surface area contributed by atoms with Crippen LogP contribution < -0.4 is 10.5 Å². The third-order valence-corrected chi connectivity index (χ3v) is 3.50. The summed E-state index contributed by atoms with van der Waals surface area (Å²) in [5, 5.41) is 18.3. The molecule has 4 N–H and O–H groups in total. The van der Waals surface area contributed by atoms with E-state index in [0.29, 0.717) is 43.1 Å². The van der Waals surface area contributed by atoms with Crippen molar-refractivity contribution in [1.29, 1.82) is 0 Å². The van der Waals surface area contributed by atoms with Gasteiger partial charge in [-0.25, -0.2) is 0 Å². The maximum Gasteiger partial charge on any atom is 0.180 e. The van der Waals surface area contributed by atoms with Gasteiger partial charge in [-0.05, 0) is 31.5 Å². The number of nitrogens with two attached hydrogens (primary N) is 1. The van der Waals surface area contributed by atoms with Gasteiger partial charge in [0.15, 0.2) is 5.78 Å². The van der Waals surface area contributed by atoms with Crippen LogP contribution in [0.15, 0.2) is 18.2 Å². The summed E-state index contributed by atoms with van der Waals surface area (Å²) in [5.41, 5.74) is 6.85. The number of carbonyl (C=O) groups excluding carboxylic acids is 1. The van der Waals surface area contributed by atoms with E-state index in [1.165, 1.54) is 0 Å². The number of benzene rings is 1. The highest BCUT2D eigenvalue weighted by Crippen LogP contribution is 2.24. The molecule has 0 bridgehead atoms. The summed E-state index contributed by atoms with van der Waals surface area (Å²) in [7, 11) is 0. The normalized spacial score (nSPS) is 12.4. The van der Waals surface area contributed by atoms with Gasteiger partial charge in [-0.3, -0.25) is 9.69 Å². The van der Waals surface area contributed by atoms with E-state index >= 15 is 0 Å². The topological polar surface area (TPSA) is 96.0 Å².